The van der Waals surface area contributed by atoms with Gasteiger partial charge in [-0.1, -0.05) is 29.8 Å². The first-order chi connectivity index (χ1) is 18.5. The van der Waals surface area contributed by atoms with Crippen LogP contribution in [-0.4, -0.2) is 44.8 Å². The Kier molecular flexibility index (Phi) is 6.86. The molecule has 0 amide bonds. The highest BCUT2D eigenvalue weighted by molar-refractivity contribution is 6.33. The van der Waals surface area contributed by atoms with Gasteiger partial charge in [0.1, 0.15) is 5.65 Å². The van der Waals surface area contributed by atoms with Gasteiger partial charge in [0, 0.05) is 57.7 Å². The Hall–Kier alpha value is -3.33. The number of benzene rings is 1. The van der Waals surface area contributed by atoms with Crippen molar-refractivity contribution in [2.24, 2.45) is 5.73 Å². The number of nitrogens with one attached hydrogen (secondary N) is 1. The van der Waals surface area contributed by atoms with Crippen molar-refractivity contribution in [2.75, 3.05) is 18.5 Å². The molecule has 3 aromatic heterocycles. The van der Waals surface area contributed by atoms with E-state index in [0.29, 0.717) is 34.4 Å². The lowest BCUT2D eigenvalue weighted by atomic mass is 9.91. The molecule has 1 saturated heterocycles. The van der Waals surface area contributed by atoms with Crippen molar-refractivity contribution in [2.45, 2.75) is 57.2 Å². The topological polar surface area (TPSA) is 108 Å². The summed E-state index contributed by atoms with van der Waals surface area (Å²) in [6.45, 7) is 3.31. The lowest BCUT2D eigenvalue weighted by molar-refractivity contribution is 0.195. The summed E-state index contributed by atoms with van der Waals surface area (Å²) in [5.74, 6) is 0.509. The highest BCUT2D eigenvalue weighted by atomic mass is 35.5. The van der Waals surface area contributed by atoms with E-state index in [0.717, 1.165) is 61.0 Å². The van der Waals surface area contributed by atoms with Gasteiger partial charge in [-0.15, -0.1) is 0 Å². The number of rotatable bonds is 5. The first-order valence-electron chi connectivity index (χ1n) is 13.2. The van der Waals surface area contributed by atoms with Gasteiger partial charge in [-0.3, -0.25) is 14.3 Å². The second-order valence-electron chi connectivity index (χ2n) is 10.3. The Morgan fingerprint density at radius 2 is 1.89 bits per heavy atom. The van der Waals surface area contributed by atoms with E-state index in [4.69, 9.17) is 27.1 Å². The molecule has 0 unspecified atom stereocenters. The minimum absolute atomic E-state index is 0.0110. The average Bonchev–Trinajstić information content (AvgIpc) is 3.42. The Labute approximate surface area is 226 Å². The van der Waals surface area contributed by atoms with E-state index < -0.39 is 0 Å². The molecule has 1 aromatic carbocycles. The lowest BCUT2D eigenvalue weighted by Gasteiger charge is -2.29. The predicted molar refractivity (Wildman–Crippen MR) is 151 cm³/mol. The predicted octanol–water partition coefficient (Wildman–Crippen LogP) is 5.13. The third kappa shape index (κ3) is 4.91. The van der Waals surface area contributed by atoms with E-state index in [9.17, 15) is 4.79 Å². The number of nitrogens with zero attached hydrogens (tertiary/aromatic N) is 4. The molecule has 1 aliphatic carbocycles. The maximum atomic E-state index is 14.1. The van der Waals surface area contributed by atoms with E-state index in [1.807, 2.05) is 54.0 Å². The van der Waals surface area contributed by atoms with Crippen LogP contribution in [-0.2, 0) is 4.74 Å². The average molecular weight is 531 g/mol. The minimum Gasteiger partial charge on any atom is -0.379 e. The lowest BCUT2D eigenvalue weighted by Crippen LogP contribution is -2.33. The van der Waals surface area contributed by atoms with Crippen molar-refractivity contribution in [3.63, 3.8) is 0 Å². The second-order valence-corrected chi connectivity index (χ2v) is 10.7. The molecule has 1 saturated carbocycles. The largest absolute Gasteiger partial charge is 0.379 e. The number of hydrogen-bond donors (Lipinski definition) is 2. The molecule has 0 spiro atoms. The molecule has 8 nitrogen and oxygen atoms in total. The van der Waals surface area contributed by atoms with Gasteiger partial charge < -0.3 is 15.8 Å². The summed E-state index contributed by atoms with van der Waals surface area (Å²) >= 11 is 6.81. The fourth-order valence-corrected chi connectivity index (χ4v) is 5.79. The zero-order chi connectivity index (χ0) is 26.2. The van der Waals surface area contributed by atoms with Gasteiger partial charge in [0.15, 0.2) is 0 Å². The number of aryl methyl sites for hydroxylation is 1. The summed E-state index contributed by atoms with van der Waals surface area (Å²) in [5.41, 5.74) is 10.6. The van der Waals surface area contributed by atoms with Crippen LogP contribution < -0.4 is 16.6 Å². The Balaban J connectivity index is 1.46. The Bertz CT molecular complexity index is 1540. The van der Waals surface area contributed by atoms with Crippen LogP contribution >= 0.6 is 11.6 Å². The molecule has 3 N–H and O–H groups in total. The van der Waals surface area contributed by atoms with Gasteiger partial charge in [0.05, 0.1) is 18.3 Å². The van der Waals surface area contributed by atoms with Crippen LogP contribution in [0.5, 0.6) is 0 Å². The van der Waals surface area contributed by atoms with Gasteiger partial charge in [-0.25, -0.2) is 4.98 Å². The van der Waals surface area contributed by atoms with E-state index in [2.05, 4.69) is 15.3 Å². The summed E-state index contributed by atoms with van der Waals surface area (Å²) < 4.78 is 7.33. The zero-order valence-corrected chi connectivity index (χ0v) is 22.1. The van der Waals surface area contributed by atoms with E-state index in [1.54, 1.807) is 6.20 Å². The summed E-state index contributed by atoms with van der Waals surface area (Å²) in [6.07, 6.45) is 6.09. The van der Waals surface area contributed by atoms with Crippen molar-refractivity contribution < 1.29 is 4.74 Å². The van der Waals surface area contributed by atoms with Crippen molar-refractivity contribution in [3.05, 3.63) is 69.7 Å². The number of hydrogen-bond acceptors (Lipinski definition) is 7. The van der Waals surface area contributed by atoms with Crippen LogP contribution in [0.2, 0.25) is 5.02 Å². The van der Waals surface area contributed by atoms with E-state index in [1.165, 1.54) is 0 Å². The molecule has 1 atom stereocenters. The Morgan fingerprint density at radius 3 is 2.63 bits per heavy atom. The summed E-state index contributed by atoms with van der Waals surface area (Å²) in [5, 5.41) is 4.66. The summed E-state index contributed by atoms with van der Waals surface area (Å²) in [4.78, 5) is 28.1. The molecule has 2 fully saturated rings. The fourth-order valence-electron chi connectivity index (χ4n) is 5.51. The normalized spacial score (nSPS) is 21.6. The molecule has 196 valence electrons. The second kappa shape index (κ2) is 10.4. The minimum atomic E-state index is -0.102. The van der Waals surface area contributed by atoms with Gasteiger partial charge in [-0.05, 0) is 63.3 Å². The van der Waals surface area contributed by atoms with Gasteiger partial charge >= 0.3 is 0 Å². The third-order valence-electron chi connectivity index (χ3n) is 7.59. The maximum Gasteiger partial charge on any atom is 0.260 e. The molecule has 0 radical (unpaired) electrons. The molecule has 6 rings (SSSR count). The number of anilines is 1. The van der Waals surface area contributed by atoms with Crippen molar-refractivity contribution in [3.8, 4) is 22.4 Å². The quantitative estimate of drug-likeness (QED) is 0.368. The van der Waals surface area contributed by atoms with Gasteiger partial charge in [0.25, 0.3) is 5.56 Å². The van der Waals surface area contributed by atoms with Crippen molar-refractivity contribution >= 4 is 28.6 Å². The van der Waals surface area contributed by atoms with Crippen LogP contribution in [0.3, 0.4) is 0 Å². The first-order valence-corrected chi connectivity index (χ1v) is 13.6. The maximum absolute atomic E-state index is 14.1. The highest BCUT2D eigenvalue weighted by Crippen LogP contribution is 2.34. The Morgan fingerprint density at radius 1 is 1.05 bits per heavy atom. The number of ether oxygens (including phenoxy) is 1. The molecular weight excluding hydrogens is 500 g/mol. The SMILES string of the molecule is Cc1cccc(-c2ccc(-c3cc4cnc(N[C@H]5CCOC5)nc4n([C@H]4CC[C@H](N)CC4)c3=O)c(Cl)c2)n1. The molecule has 2 aliphatic rings. The first kappa shape index (κ1) is 25.0. The number of pyridine rings is 2. The molecule has 0 bridgehead atoms. The number of nitrogens with two attached hydrogens (primary N) is 1. The fraction of sp³-hybridized carbons (Fsp3) is 0.379. The molecule has 4 heterocycles. The van der Waals surface area contributed by atoms with E-state index >= 15 is 0 Å². The summed E-state index contributed by atoms with van der Waals surface area (Å²) in [6, 6.07) is 13.8. The van der Waals surface area contributed by atoms with Gasteiger partial charge in [-0.2, -0.15) is 4.98 Å². The van der Waals surface area contributed by atoms with Crippen molar-refractivity contribution in [1.82, 2.24) is 19.5 Å². The third-order valence-corrected chi connectivity index (χ3v) is 7.90. The van der Waals surface area contributed by atoms with Crippen LogP contribution in [0.4, 0.5) is 5.95 Å². The van der Waals surface area contributed by atoms with Crippen LogP contribution in [0.25, 0.3) is 33.4 Å². The highest BCUT2D eigenvalue weighted by Gasteiger charge is 2.26. The molecule has 1 aliphatic heterocycles. The molecule has 38 heavy (non-hydrogen) atoms. The van der Waals surface area contributed by atoms with Crippen molar-refractivity contribution in [1.29, 1.82) is 0 Å². The van der Waals surface area contributed by atoms with Crippen LogP contribution in [0.15, 0.2) is 53.5 Å². The molecule has 4 aromatic rings. The van der Waals surface area contributed by atoms with Crippen LogP contribution in [0.1, 0.15) is 43.8 Å². The van der Waals surface area contributed by atoms with Crippen LogP contribution in [0, 0.1) is 6.92 Å². The molecular formula is C29H31ClN6O2. The smallest absolute Gasteiger partial charge is 0.260 e. The molecule has 9 heteroatoms. The summed E-state index contributed by atoms with van der Waals surface area (Å²) in [7, 11) is 0. The number of aromatic nitrogens is 4. The van der Waals surface area contributed by atoms with E-state index in [-0.39, 0.29) is 23.7 Å². The number of halogens is 1. The monoisotopic (exact) mass is 530 g/mol. The van der Waals surface area contributed by atoms with Gasteiger partial charge in [0.2, 0.25) is 5.95 Å². The zero-order valence-electron chi connectivity index (χ0n) is 21.4. The standard InChI is InChI=1S/C29H31ClN6O2/c1-17-3-2-4-26(33-17)18-5-10-23(25(30)14-18)24-13-19-15-32-29(34-21-11-12-38-16-21)35-27(19)36(28(24)37)22-8-6-20(31)7-9-22/h2-5,10,13-15,20-22H,6-9,11-12,16,31H2,1H3,(H,32,34,35)/t20-,21-,22-/m0/s1. The number of fused-ring (bicyclic) bond motifs is 1.